The molecule has 1 aromatic carbocycles. The Bertz CT molecular complexity index is 797. The van der Waals surface area contributed by atoms with Gasteiger partial charge in [-0.2, -0.15) is 0 Å². The number of Topliss-reactive ketones (excluding diaryl/α,β-unsaturated/α-hetero) is 1. The Morgan fingerprint density at radius 3 is 2.75 bits per heavy atom. The second kappa shape index (κ2) is 6.27. The van der Waals surface area contributed by atoms with Gasteiger partial charge in [0, 0.05) is 17.9 Å². The molecule has 1 heterocycles. The maximum atomic E-state index is 13.2. The van der Waals surface area contributed by atoms with E-state index in [-0.39, 0.29) is 28.5 Å². The number of ether oxygens (including phenoxy) is 2. The molecule has 28 heavy (non-hydrogen) atoms. The Morgan fingerprint density at radius 2 is 1.96 bits per heavy atom. The largest absolute Gasteiger partial charge is 0.377 e. The van der Waals surface area contributed by atoms with E-state index in [2.05, 4.69) is 45.1 Å². The molecule has 0 unspecified atom stereocenters. The fourth-order valence-electron chi connectivity index (χ4n) is 7.06. The fourth-order valence-corrected chi connectivity index (χ4v) is 7.06. The number of fused-ring (bicyclic) bond motifs is 1. The van der Waals surface area contributed by atoms with Gasteiger partial charge in [-0.25, -0.2) is 0 Å². The third kappa shape index (κ3) is 2.26. The zero-order valence-electron chi connectivity index (χ0n) is 17.3. The number of benzene rings is 1. The number of allylic oxidation sites excluding steroid dienone is 1. The third-order valence-corrected chi connectivity index (χ3v) is 8.56. The van der Waals surface area contributed by atoms with E-state index in [1.54, 1.807) is 0 Å². The number of carbonyl (C=O) groups is 1. The minimum Gasteiger partial charge on any atom is -0.377 e. The quantitative estimate of drug-likeness (QED) is 0.382. The van der Waals surface area contributed by atoms with Crippen molar-refractivity contribution in [2.45, 2.75) is 64.8 Å². The van der Waals surface area contributed by atoms with E-state index in [4.69, 9.17) is 9.47 Å². The van der Waals surface area contributed by atoms with Crippen molar-refractivity contribution in [3.63, 3.8) is 0 Å². The highest BCUT2D eigenvalue weighted by atomic mass is 16.6. The molecular weight excluding hydrogens is 348 g/mol. The minimum absolute atomic E-state index is 0.0530. The maximum Gasteiger partial charge on any atom is 0.169 e. The molecule has 3 heteroatoms. The fraction of sp³-hybridized carbons (Fsp3) is 0.640. The standard InChI is InChI=1S/C25H32O3/c1-17-19-12-9-13-24(19)21(23(17,2)3)20(26)22-25(24,28-22)14-7-8-15-27-16-18-10-5-4-6-11-18/h4-6,9-11,13,17,19,21-22H,7-8,12,14-16H2,1-3H3/t17-,19+,21-,22-,24-,25+/m1/s1. The van der Waals surface area contributed by atoms with Gasteiger partial charge in [0.25, 0.3) is 0 Å². The smallest absolute Gasteiger partial charge is 0.169 e. The van der Waals surface area contributed by atoms with Crippen LogP contribution in [-0.2, 0) is 20.9 Å². The molecule has 0 aromatic heterocycles. The lowest BCUT2D eigenvalue weighted by molar-refractivity contribution is -0.130. The molecule has 0 N–H and O–H groups in total. The Hall–Kier alpha value is -1.45. The molecule has 0 radical (unpaired) electrons. The lowest BCUT2D eigenvalue weighted by atomic mass is 9.65. The highest BCUT2D eigenvalue weighted by Gasteiger charge is 2.86. The summed E-state index contributed by atoms with van der Waals surface area (Å²) in [5, 5.41) is 0. The summed E-state index contributed by atoms with van der Waals surface area (Å²) in [5.41, 5.74) is 1.00. The summed E-state index contributed by atoms with van der Waals surface area (Å²) in [6.45, 7) is 8.41. The average molecular weight is 381 g/mol. The molecule has 3 fully saturated rings. The number of unbranched alkanes of at least 4 members (excludes halogenated alkanes) is 1. The first-order valence-electron chi connectivity index (χ1n) is 11.0. The molecule has 6 atom stereocenters. The Morgan fingerprint density at radius 1 is 1.18 bits per heavy atom. The van der Waals surface area contributed by atoms with Crippen LogP contribution < -0.4 is 0 Å². The third-order valence-electron chi connectivity index (χ3n) is 8.56. The summed E-state index contributed by atoms with van der Waals surface area (Å²) in [4.78, 5) is 13.2. The van der Waals surface area contributed by atoms with E-state index >= 15 is 0 Å². The minimum atomic E-state index is -0.228. The second-order valence-corrected chi connectivity index (χ2v) is 10.0. The molecule has 4 aliphatic rings. The van der Waals surface area contributed by atoms with Crippen molar-refractivity contribution >= 4 is 5.78 Å². The van der Waals surface area contributed by atoms with Crippen LogP contribution in [0.3, 0.4) is 0 Å². The van der Waals surface area contributed by atoms with Crippen molar-refractivity contribution in [2.24, 2.45) is 28.6 Å². The molecule has 0 amide bonds. The van der Waals surface area contributed by atoms with Crippen LogP contribution in [0, 0.1) is 28.6 Å². The van der Waals surface area contributed by atoms with Gasteiger partial charge in [0.1, 0.15) is 11.7 Å². The normalized spacial score (nSPS) is 41.8. The van der Waals surface area contributed by atoms with Crippen molar-refractivity contribution in [1.29, 1.82) is 0 Å². The number of hydrogen-bond donors (Lipinski definition) is 0. The van der Waals surface area contributed by atoms with Gasteiger partial charge >= 0.3 is 0 Å². The second-order valence-electron chi connectivity index (χ2n) is 10.0. The molecule has 3 nitrogen and oxygen atoms in total. The van der Waals surface area contributed by atoms with Crippen LogP contribution in [0.15, 0.2) is 42.5 Å². The Balaban J connectivity index is 1.23. The summed E-state index contributed by atoms with van der Waals surface area (Å²) in [7, 11) is 0. The Kier molecular flexibility index (Phi) is 4.16. The number of rotatable bonds is 7. The first-order chi connectivity index (χ1) is 13.4. The highest BCUT2D eigenvalue weighted by molar-refractivity contribution is 5.96. The van der Waals surface area contributed by atoms with E-state index in [1.807, 2.05) is 18.2 Å². The van der Waals surface area contributed by atoms with Crippen molar-refractivity contribution in [2.75, 3.05) is 6.61 Å². The van der Waals surface area contributed by atoms with Crippen LogP contribution in [0.25, 0.3) is 0 Å². The molecule has 2 saturated carbocycles. The van der Waals surface area contributed by atoms with Gasteiger partial charge in [-0.05, 0) is 48.5 Å². The van der Waals surface area contributed by atoms with Crippen LogP contribution in [-0.4, -0.2) is 24.1 Å². The van der Waals surface area contributed by atoms with Crippen LogP contribution in [0.1, 0.15) is 52.0 Å². The van der Waals surface area contributed by atoms with Gasteiger partial charge in [-0.1, -0.05) is 63.3 Å². The molecular formula is C25H32O3. The monoisotopic (exact) mass is 380 g/mol. The van der Waals surface area contributed by atoms with Crippen LogP contribution >= 0.6 is 0 Å². The molecule has 1 aromatic rings. The van der Waals surface area contributed by atoms with Crippen molar-refractivity contribution in [3.8, 4) is 0 Å². The van der Waals surface area contributed by atoms with E-state index in [9.17, 15) is 4.79 Å². The first-order valence-corrected chi connectivity index (χ1v) is 11.0. The van der Waals surface area contributed by atoms with Gasteiger partial charge in [0.15, 0.2) is 5.78 Å². The number of hydrogen-bond acceptors (Lipinski definition) is 3. The van der Waals surface area contributed by atoms with E-state index in [1.165, 1.54) is 5.56 Å². The first kappa shape index (κ1) is 18.6. The van der Waals surface area contributed by atoms with Gasteiger partial charge in [0.2, 0.25) is 0 Å². The average Bonchev–Trinajstić information content (AvgIpc) is 3.15. The molecule has 3 aliphatic carbocycles. The molecule has 0 bridgehead atoms. The molecule has 1 aliphatic heterocycles. The van der Waals surface area contributed by atoms with Gasteiger partial charge in [-0.15, -0.1) is 0 Å². The van der Waals surface area contributed by atoms with Crippen molar-refractivity contribution in [1.82, 2.24) is 0 Å². The summed E-state index contributed by atoms with van der Waals surface area (Å²) >= 11 is 0. The zero-order valence-corrected chi connectivity index (χ0v) is 17.3. The predicted molar refractivity (Wildman–Crippen MR) is 109 cm³/mol. The van der Waals surface area contributed by atoms with E-state index in [0.717, 1.165) is 32.3 Å². The van der Waals surface area contributed by atoms with E-state index in [0.29, 0.717) is 24.2 Å². The zero-order chi connectivity index (χ0) is 19.6. The molecule has 150 valence electrons. The lowest BCUT2D eigenvalue weighted by Gasteiger charge is -2.38. The van der Waals surface area contributed by atoms with Gasteiger partial charge in [0.05, 0.1) is 6.61 Å². The molecule has 1 spiro atoms. The van der Waals surface area contributed by atoms with Crippen LogP contribution in [0.4, 0.5) is 0 Å². The number of carbonyl (C=O) groups excluding carboxylic acids is 1. The van der Waals surface area contributed by atoms with Crippen LogP contribution in [0.2, 0.25) is 0 Å². The summed E-state index contributed by atoms with van der Waals surface area (Å²) in [6.07, 6.45) is 8.73. The van der Waals surface area contributed by atoms with E-state index < -0.39 is 0 Å². The van der Waals surface area contributed by atoms with Gasteiger partial charge in [-0.3, -0.25) is 4.79 Å². The Labute approximate surface area is 168 Å². The number of ketones is 1. The lowest BCUT2D eigenvalue weighted by Crippen LogP contribution is -2.42. The topological polar surface area (TPSA) is 38.8 Å². The molecule has 1 saturated heterocycles. The SMILES string of the molecule is C[C@@H]1[C@@H]2CC=C[C@]23[C@H](C(=O)[C@H]2O[C@@]23CCCCOCc2ccccc2)C1(C)C. The summed E-state index contributed by atoms with van der Waals surface area (Å²) in [6, 6.07) is 10.3. The highest BCUT2D eigenvalue weighted by Crippen LogP contribution is 2.79. The number of epoxide rings is 1. The predicted octanol–water partition coefficient (Wildman–Crippen LogP) is 4.95. The molecule has 5 rings (SSSR count). The van der Waals surface area contributed by atoms with Crippen LogP contribution in [0.5, 0.6) is 0 Å². The summed E-state index contributed by atoms with van der Waals surface area (Å²) in [5.74, 6) is 1.61. The maximum absolute atomic E-state index is 13.2. The van der Waals surface area contributed by atoms with Crippen molar-refractivity contribution < 1.29 is 14.3 Å². The van der Waals surface area contributed by atoms with Gasteiger partial charge < -0.3 is 9.47 Å². The summed E-state index contributed by atoms with van der Waals surface area (Å²) < 4.78 is 12.1. The van der Waals surface area contributed by atoms with Crippen molar-refractivity contribution in [3.05, 3.63) is 48.0 Å².